The molecular weight excluding hydrogens is 392 g/mol. The lowest BCUT2D eigenvalue weighted by Gasteiger charge is -2.10. The third-order valence-corrected chi connectivity index (χ3v) is 5.22. The maximum absolute atomic E-state index is 4.64. The molecule has 1 heterocycles. The van der Waals surface area contributed by atoms with Gasteiger partial charge in [0.1, 0.15) is 0 Å². The summed E-state index contributed by atoms with van der Waals surface area (Å²) in [4.78, 5) is 2.21. The molecular formula is C21H19BrN2S. The number of aromatic nitrogens is 1. The third kappa shape index (κ3) is 4.58. The number of benzene rings is 2. The molecule has 0 bridgehead atoms. The number of rotatable bonds is 5. The molecule has 1 aromatic heterocycles. The molecule has 2 aromatic carbocycles. The van der Waals surface area contributed by atoms with Crippen molar-refractivity contribution in [3.8, 4) is 23.1 Å². The lowest BCUT2D eigenvalue weighted by molar-refractivity contribution is 0.380. The SMILES string of the molecule is C=CCN(C)CCC#Cc1ccc2c(-c3ccc(Br)cc3)nsc2c1. The molecule has 0 atom stereocenters. The van der Waals surface area contributed by atoms with Crippen molar-refractivity contribution >= 4 is 37.5 Å². The van der Waals surface area contributed by atoms with Gasteiger partial charge in [-0.25, -0.2) is 0 Å². The summed E-state index contributed by atoms with van der Waals surface area (Å²) in [6.07, 6.45) is 2.77. The lowest BCUT2D eigenvalue weighted by Crippen LogP contribution is -2.18. The van der Waals surface area contributed by atoms with Crippen LogP contribution in [0.25, 0.3) is 21.3 Å². The molecule has 0 N–H and O–H groups in total. The van der Waals surface area contributed by atoms with E-state index in [1.165, 1.54) is 21.6 Å². The Kier molecular flexibility index (Phi) is 6.04. The smallest absolute Gasteiger partial charge is 0.0919 e. The number of hydrogen-bond donors (Lipinski definition) is 0. The molecule has 0 saturated carbocycles. The van der Waals surface area contributed by atoms with Crippen LogP contribution in [0, 0.1) is 11.8 Å². The zero-order valence-corrected chi connectivity index (χ0v) is 16.5. The Morgan fingerprint density at radius 1 is 1.24 bits per heavy atom. The van der Waals surface area contributed by atoms with Crippen molar-refractivity contribution in [2.24, 2.45) is 0 Å². The van der Waals surface area contributed by atoms with E-state index in [-0.39, 0.29) is 0 Å². The average Bonchev–Trinajstić information content (AvgIpc) is 3.03. The predicted octanol–water partition coefficient (Wildman–Crippen LogP) is 5.59. The Hall–Kier alpha value is -1.93. The van der Waals surface area contributed by atoms with E-state index in [4.69, 9.17) is 0 Å². The summed E-state index contributed by atoms with van der Waals surface area (Å²) >= 11 is 5.00. The highest BCUT2D eigenvalue weighted by atomic mass is 79.9. The molecule has 0 fully saturated rings. The van der Waals surface area contributed by atoms with Crippen molar-refractivity contribution < 1.29 is 0 Å². The zero-order chi connectivity index (χ0) is 17.6. The number of hydrogen-bond acceptors (Lipinski definition) is 3. The van der Waals surface area contributed by atoms with Crippen molar-refractivity contribution in [2.75, 3.05) is 20.1 Å². The highest BCUT2D eigenvalue weighted by Crippen LogP contribution is 2.31. The van der Waals surface area contributed by atoms with Crippen molar-refractivity contribution in [3.63, 3.8) is 0 Å². The van der Waals surface area contributed by atoms with Crippen LogP contribution in [0.3, 0.4) is 0 Å². The minimum Gasteiger partial charge on any atom is -0.302 e. The highest BCUT2D eigenvalue weighted by molar-refractivity contribution is 9.10. The van der Waals surface area contributed by atoms with Gasteiger partial charge in [-0.15, -0.1) is 6.58 Å². The fraction of sp³-hybridized carbons (Fsp3) is 0.190. The Morgan fingerprint density at radius 3 is 2.80 bits per heavy atom. The van der Waals surface area contributed by atoms with Gasteiger partial charge in [-0.05, 0) is 42.8 Å². The molecule has 0 aliphatic heterocycles. The summed E-state index contributed by atoms with van der Waals surface area (Å²) in [6, 6.07) is 14.6. The van der Waals surface area contributed by atoms with E-state index in [1.807, 2.05) is 18.2 Å². The van der Waals surface area contributed by atoms with E-state index in [1.54, 1.807) is 0 Å². The summed E-state index contributed by atoms with van der Waals surface area (Å²) in [6.45, 7) is 5.60. The molecule has 0 aliphatic carbocycles. The number of halogens is 1. The molecule has 0 spiro atoms. The number of nitrogens with zero attached hydrogens (tertiary/aromatic N) is 2. The van der Waals surface area contributed by atoms with Crippen LogP contribution in [0.5, 0.6) is 0 Å². The van der Waals surface area contributed by atoms with Crippen molar-refractivity contribution in [1.82, 2.24) is 9.27 Å². The second kappa shape index (κ2) is 8.44. The molecule has 0 radical (unpaired) electrons. The van der Waals surface area contributed by atoms with Gasteiger partial charge in [0.15, 0.2) is 0 Å². The maximum Gasteiger partial charge on any atom is 0.0919 e. The maximum atomic E-state index is 4.64. The van der Waals surface area contributed by atoms with Crippen LogP contribution in [0.15, 0.2) is 59.6 Å². The topological polar surface area (TPSA) is 16.1 Å². The minimum atomic E-state index is 0.856. The third-order valence-electron chi connectivity index (χ3n) is 3.88. The summed E-state index contributed by atoms with van der Waals surface area (Å²) in [5.74, 6) is 6.51. The van der Waals surface area contributed by atoms with Crippen LogP contribution in [0.4, 0.5) is 0 Å². The van der Waals surface area contributed by atoms with Gasteiger partial charge in [0.2, 0.25) is 0 Å². The van der Waals surface area contributed by atoms with Gasteiger partial charge >= 0.3 is 0 Å². The van der Waals surface area contributed by atoms with Crippen LogP contribution in [-0.2, 0) is 0 Å². The van der Waals surface area contributed by atoms with Gasteiger partial charge < -0.3 is 4.90 Å². The van der Waals surface area contributed by atoms with Gasteiger partial charge in [0.25, 0.3) is 0 Å². The molecule has 3 aromatic rings. The standard InChI is InChI=1S/C21H19BrN2S/c1-3-13-24(2)14-5-4-6-16-7-12-19-20(15-16)25-23-21(19)17-8-10-18(22)11-9-17/h3,7-12,15H,1,5,13-14H2,2H3. The molecule has 2 nitrogen and oxygen atoms in total. The summed E-state index contributed by atoms with van der Waals surface area (Å²) in [5, 5.41) is 1.18. The molecule has 3 rings (SSSR count). The van der Waals surface area contributed by atoms with E-state index in [0.29, 0.717) is 0 Å². The average molecular weight is 411 g/mol. The van der Waals surface area contributed by atoms with E-state index in [0.717, 1.165) is 40.8 Å². The Labute approximate surface area is 161 Å². The first-order valence-corrected chi connectivity index (χ1v) is 9.67. The Balaban J connectivity index is 1.76. The molecule has 0 aliphatic rings. The molecule has 0 saturated heterocycles. The monoisotopic (exact) mass is 410 g/mol. The van der Waals surface area contributed by atoms with Gasteiger partial charge in [-0.1, -0.05) is 52.0 Å². The molecule has 0 unspecified atom stereocenters. The highest BCUT2D eigenvalue weighted by Gasteiger charge is 2.08. The first kappa shape index (κ1) is 17.9. The van der Waals surface area contributed by atoms with Crippen LogP contribution in [0.2, 0.25) is 0 Å². The summed E-state index contributed by atoms with van der Waals surface area (Å²) in [5.41, 5.74) is 3.22. The lowest BCUT2D eigenvalue weighted by atomic mass is 10.1. The minimum absolute atomic E-state index is 0.856. The van der Waals surface area contributed by atoms with E-state index in [2.05, 4.69) is 81.0 Å². The number of fused-ring (bicyclic) bond motifs is 1. The van der Waals surface area contributed by atoms with E-state index >= 15 is 0 Å². The first-order valence-electron chi connectivity index (χ1n) is 8.11. The van der Waals surface area contributed by atoms with E-state index < -0.39 is 0 Å². The molecule has 25 heavy (non-hydrogen) atoms. The Morgan fingerprint density at radius 2 is 2.04 bits per heavy atom. The second-order valence-corrected chi connectivity index (χ2v) is 7.57. The van der Waals surface area contributed by atoms with Gasteiger partial charge in [-0.2, -0.15) is 4.37 Å². The van der Waals surface area contributed by atoms with Crippen LogP contribution < -0.4 is 0 Å². The molecule has 126 valence electrons. The quantitative estimate of drug-likeness (QED) is 0.402. The first-order chi connectivity index (χ1) is 12.2. The van der Waals surface area contributed by atoms with E-state index in [9.17, 15) is 0 Å². The summed E-state index contributed by atoms with van der Waals surface area (Å²) in [7, 11) is 2.08. The molecule has 4 heteroatoms. The molecule has 0 amide bonds. The van der Waals surface area contributed by atoms with Crippen LogP contribution >= 0.6 is 27.5 Å². The zero-order valence-electron chi connectivity index (χ0n) is 14.1. The van der Waals surface area contributed by atoms with Crippen LogP contribution in [-0.4, -0.2) is 29.4 Å². The number of likely N-dealkylation sites (N-methyl/N-ethyl adjacent to an activating group) is 1. The second-order valence-electron chi connectivity index (χ2n) is 5.85. The fourth-order valence-electron chi connectivity index (χ4n) is 2.55. The van der Waals surface area contributed by atoms with Gasteiger partial charge in [-0.3, -0.25) is 0 Å². The summed E-state index contributed by atoms with van der Waals surface area (Å²) < 4.78 is 6.89. The Bertz CT molecular complexity index is 932. The van der Waals surface area contributed by atoms with Gasteiger partial charge in [0, 0.05) is 40.5 Å². The van der Waals surface area contributed by atoms with Gasteiger partial charge in [0.05, 0.1) is 10.4 Å². The largest absolute Gasteiger partial charge is 0.302 e. The van der Waals surface area contributed by atoms with Crippen molar-refractivity contribution in [2.45, 2.75) is 6.42 Å². The van der Waals surface area contributed by atoms with Crippen LogP contribution in [0.1, 0.15) is 12.0 Å². The predicted molar refractivity (Wildman–Crippen MR) is 112 cm³/mol. The van der Waals surface area contributed by atoms with Crippen molar-refractivity contribution in [1.29, 1.82) is 0 Å². The normalized spacial score (nSPS) is 10.7. The fourth-order valence-corrected chi connectivity index (χ4v) is 3.65. The van der Waals surface area contributed by atoms with Crippen molar-refractivity contribution in [3.05, 3.63) is 65.2 Å².